The summed E-state index contributed by atoms with van der Waals surface area (Å²) in [6.45, 7) is 4.51. The highest BCUT2D eigenvalue weighted by Gasteiger charge is 2.03. The first-order chi connectivity index (χ1) is 18.2. The predicted octanol–water partition coefficient (Wildman–Crippen LogP) is 11.5. The van der Waals surface area contributed by atoms with Crippen molar-refractivity contribution in [2.45, 2.75) is 128 Å². The molecular weight excluding hydrogens is 468 g/mol. The largest absolute Gasteiger partial charge is 0.289 e. The van der Waals surface area contributed by atoms with E-state index >= 15 is 0 Å². The van der Waals surface area contributed by atoms with Crippen LogP contribution < -0.4 is 0 Å². The maximum absolute atomic E-state index is 12.6. The van der Waals surface area contributed by atoms with E-state index in [0.717, 1.165) is 17.5 Å². The summed E-state index contributed by atoms with van der Waals surface area (Å²) < 4.78 is 0. The summed E-state index contributed by atoms with van der Waals surface area (Å²) in [5, 5.41) is 0. The SMILES string of the molecule is CCCCCCCCCCCCCCCSc1ccc(/C=C/C(=O)c2cccc(CCCCC)c2)cc1. The second kappa shape index (κ2) is 21.2. The average molecular weight is 521 g/mol. The first-order valence-corrected chi connectivity index (χ1v) is 16.3. The quantitative estimate of drug-likeness (QED) is 0.0664. The Bertz CT molecular complexity index is 867. The van der Waals surface area contributed by atoms with Crippen molar-refractivity contribution in [2.24, 2.45) is 0 Å². The third-order valence-corrected chi connectivity index (χ3v) is 8.20. The van der Waals surface area contributed by atoms with Crippen molar-refractivity contribution in [3.8, 4) is 0 Å². The zero-order valence-electron chi connectivity index (χ0n) is 23.8. The van der Waals surface area contributed by atoms with Crippen LogP contribution in [0.4, 0.5) is 0 Å². The van der Waals surface area contributed by atoms with Crippen molar-refractivity contribution in [3.05, 3.63) is 71.3 Å². The molecule has 0 radical (unpaired) electrons. The maximum atomic E-state index is 12.6. The van der Waals surface area contributed by atoms with E-state index in [0.29, 0.717) is 0 Å². The predicted molar refractivity (Wildman–Crippen MR) is 166 cm³/mol. The van der Waals surface area contributed by atoms with Crippen molar-refractivity contribution in [2.75, 3.05) is 5.75 Å². The van der Waals surface area contributed by atoms with E-state index in [1.165, 1.54) is 119 Å². The Kier molecular flexibility index (Phi) is 18.0. The van der Waals surface area contributed by atoms with Gasteiger partial charge in [0.1, 0.15) is 0 Å². The standard InChI is InChI=1S/C35H52OS/c1-3-5-7-8-9-10-11-12-13-14-15-16-18-29-37-34-26-23-31(24-27-34)25-28-35(36)33-22-19-21-32(30-33)20-17-6-4-2/h19,21-28,30H,3-18,20,29H2,1-2H3/b28-25+. The Morgan fingerprint density at radius 3 is 1.86 bits per heavy atom. The minimum absolute atomic E-state index is 0.0817. The van der Waals surface area contributed by atoms with Gasteiger partial charge in [0, 0.05) is 10.5 Å². The average Bonchev–Trinajstić information content (AvgIpc) is 2.93. The van der Waals surface area contributed by atoms with E-state index in [9.17, 15) is 4.79 Å². The van der Waals surface area contributed by atoms with Crippen LogP contribution in [0.1, 0.15) is 138 Å². The van der Waals surface area contributed by atoms with Crippen molar-refractivity contribution in [3.63, 3.8) is 0 Å². The monoisotopic (exact) mass is 520 g/mol. The normalized spacial score (nSPS) is 11.4. The molecule has 0 saturated heterocycles. The molecular formula is C35H52OS. The molecule has 0 aliphatic rings. The van der Waals surface area contributed by atoms with Gasteiger partial charge >= 0.3 is 0 Å². The number of rotatable bonds is 22. The lowest BCUT2D eigenvalue weighted by Gasteiger charge is -2.04. The summed E-state index contributed by atoms with van der Waals surface area (Å²) in [5.74, 6) is 1.28. The molecule has 0 fully saturated rings. The van der Waals surface area contributed by atoms with Gasteiger partial charge in [-0.2, -0.15) is 0 Å². The highest BCUT2D eigenvalue weighted by Crippen LogP contribution is 2.21. The Morgan fingerprint density at radius 1 is 0.676 bits per heavy atom. The van der Waals surface area contributed by atoms with Gasteiger partial charge in [-0.25, -0.2) is 0 Å². The fourth-order valence-electron chi connectivity index (χ4n) is 4.71. The van der Waals surface area contributed by atoms with E-state index in [1.54, 1.807) is 6.08 Å². The minimum Gasteiger partial charge on any atom is -0.289 e. The Labute approximate surface area is 232 Å². The lowest BCUT2D eigenvalue weighted by atomic mass is 10.0. The second-order valence-corrected chi connectivity index (χ2v) is 11.7. The molecule has 0 saturated carbocycles. The Morgan fingerprint density at radius 2 is 1.24 bits per heavy atom. The van der Waals surface area contributed by atoms with Crippen LogP contribution in [0.25, 0.3) is 6.08 Å². The van der Waals surface area contributed by atoms with Crippen molar-refractivity contribution >= 4 is 23.6 Å². The summed E-state index contributed by atoms with van der Waals surface area (Å²) >= 11 is 1.95. The zero-order valence-corrected chi connectivity index (χ0v) is 24.6. The molecule has 0 N–H and O–H groups in total. The van der Waals surface area contributed by atoms with Crippen LogP contribution in [0.15, 0.2) is 59.5 Å². The molecule has 2 aromatic carbocycles. The number of hydrogen-bond acceptors (Lipinski definition) is 2. The number of allylic oxidation sites excluding steroid dienone is 1. The highest BCUT2D eigenvalue weighted by atomic mass is 32.2. The molecule has 0 amide bonds. The van der Waals surface area contributed by atoms with Crippen LogP contribution in [-0.4, -0.2) is 11.5 Å². The Balaban J connectivity index is 1.55. The van der Waals surface area contributed by atoms with Crippen molar-refractivity contribution in [1.82, 2.24) is 0 Å². The van der Waals surface area contributed by atoms with Gasteiger partial charge in [-0.15, -0.1) is 11.8 Å². The molecule has 2 aromatic rings. The summed E-state index contributed by atoms with van der Waals surface area (Å²) in [4.78, 5) is 14.0. The second-order valence-electron chi connectivity index (χ2n) is 10.5. The lowest BCUT2D eigenvalue weighted by Crippen LogP contribution is -1.96. The third kappa shape index (κ3) is 15.3. The molecule has 0 bridgehead atoms. The molecule has 0 spiro atoms. The van der Waals surface area contributed by atoms with Gasteiger partial charge in [0.15, 0.2) is 5.78 Å². The molecule has 37 heavy (non-hydrogen) atoms. The smallest absolute Gasteiger partial charge is 0.185 e. The molecule has 0 heterocycles. The fourth-order valence-corrected chi connectivity index (χ4v) is 5.63. The number of aryl methyl sites for hydroxylation is 1. The number of hydrogen-bond donors (Lipinski definition) is 0. The molecule has 0 unspecified atom stereocenters. The summed E-state index contributed by atoms with van der Waals surface area (Å²) in [6, 6.07) is 16.7. The molecule has 2 heteroatoms. The van der Waals surface area contributed by atoms with Crippen LogP contribution in [-0.2, 0) is 6.42 Å². The van der Waals surface area contributed by atoms with Gasteiger partial charge in [-0.3, -0.25) is 4.79 Å². The van der Waals surface area contributed by atoms with Crippen molar-refractivity contribution in [1.29, 1.82) is 0 Å². The first kappa shape index (κ1) is 31.4. The summed E-state index contributed by atoms with van der Waals surface area (Å²) in [6.07, 6.45) is 26.6. The van der Waals surface area contributed by atoms with Gasteiger partial charge in [0.05, 0.1) is 0 Å². The van der Waals surface area contributed by atoms with Crippen LogP contribution in [0.2, 0.25) is 0 Å². The van der Waals surface area contributed by atoms with Gasteiger partial charge in [-0.1, -0.05) is 140 Å². The van der Waals surface area contributed by atoms with Crippen LogP contribution in [0.3, 0.4) is 0 Å². The molecule has 0 aliphatic carbocycles. The molecule has 0 aromatic heterocycles. The summed E-state index contributed by atoms with van der Waals surface area (Å²) in [7, 11) is 0. The van der Waals surface area contributed by atoms with Crippen LogP contribution >= 0.6 is 11.8 Å². The number of benzene rings is 2. The lowest BCUT2D eigenvalue weighted by molar-refractivity contribution is 0.104. The van der Waals surface area contributed by atoms with Crippen LogP contribution in [0, 0.1) is 0 Å². The van der Waals surface area contributed by atoms with E-state index in [2.05, 4.69) is 50.2 Å². The van der Waals surface area contributed by atoms with E-state index < -0.39 is 0 Å². The molecule has 2 rings (SSSR count). The zero-order chi connectivity index (χ0) is 26.4. The number of carbonyl (C=O) groups excluding carboxylic acids is 1. The minimum atomic E-state index is 0.0817. The van der Waals surface area contributed by atoms with Gasteiger partial charge in [0.2, 0.25) is 0 Å². The summed E-state index contributed by atoms with van der Waals surface area (Å²) in [5.41, 5.74) is 3.13. The van der Waals surface area contributed by atoms with E-state index in [1.807, 2.05) is 30.0 Å². The molecule has 204 valence electrons. The number of unbranched alkanes of at least 4 members (excludes halogenated alkanes) is 14. The van der Waals surface area contributed by atoms with Gasteiger partial charge in [-0.05, 0) is 60.4 Å². The van der Waals surface area contributed by atoms with E-state index in [4.69, 9.17) is 0 Å². The maximum Gasteiger partial charge on any atom is 0.185 e. The van der Waals surface area contributed by atoms with Crippen LogP contribution in [0.5, 0.6) is 0 Å². The molecule has 0 aliphatic heterocycles. The van der Waals surface area contributed by atoms with Gasteiger partial charge in [0.25, 0.3) is 0 Å². The third-order valence-electron chi connectivity index (χ3n) is 7.10. The van der Waals surface area contributed by atoms with E-state index in [-0.39, 0.29) is 5.78 Å². The number of ketones is 1. The number of carbonyl (C=O) groups is 1. The molecule has 1 nitrogen and oxygen atoms in total. The first-order valence-electron chi connectivity index (χ1n) is 15.3. The molecule has 0 atom stereocenters. The Hall–Kier alpha value is -1.80. The fraction of sp³-hybridized carbons (Fsp3) is 0.571. The van der Waals surface area contributed by atoms with Crippen molar-refractivity contribution < 1.29 is 4.79 Å². The topological polar surface area (TPSA) is 17.1 Å². The number of thioether (sulfide) groups is 1. The van der Waals surface area contributed by atoms with Gasteiger partial charge < -0.3 is 0 Å². The highest BCUT2D eigenvalue weighted by molar-refractivity contribution is 7.99.